The molecule has 0 bridgehead atoms. The zero-order valence-corrected chi connectivity index (χ0v) is 11.7. The highest BCUT2D eigenvalue weighted by molar-refractivity contribution is 9.10. The summed E-state index contributed by atoms with van der Waals surface area (Å²) in [5, 5.41) is 0. The Bertz CT molecular complexity index is 417. The largest absolute Gasteiger partial charge is 0.492 e. The van der Waals surface area contributed by atoms with Crippen LogP contribution in [0.5, 0.6) is 5.75 Å². The highest BCUT2D eigenvalue weighted by Crippen LogP contribution is 2.27. The molecule has 0 saturated heterocycles. The molecule has 0 aliphatic heterocycles. The average molecular weight is 315 g/mol. The molecule has 0 aromatic heterocycles. The van der Waals surface area contributed by atoms with Gasteiger partial charge in [-0.05, 0) is 35.3 Å². The van der Waals surface area contributed by atoms with Crippen LogP contribution in [0.2, 0.25) is 0 Å². The van der Waals surface area contributed by atoms with Gasteiger partial charge in [-0.3, -0.25) is 9.59 Å². The highest BCUT2D eigenvalue weighted by atomic mass is 79.9. The maximum absolute atomic E-state index is 11.1. The van der Waals surface area contributed by atoms with Gasteiger partial charge < -0.3 is 9.47 Å². The molecule has 1 aromatic carbocycles. The fraction of sp³-hybridized carbons (Fsp3) is 0.385. The summed E-state index contributed by atoms with van der Waals surface area (Å²) in [5.41, 5.74) is 0.540. The summed E-state index contributed by atoms with van der Waals surface area (Å²) < 4.78 is 10.9. The molecule has 0 atom stereocenters. The quantitative estimate of drug-likeness (QED) is 0.441. The molecule has 0 aliphatic rings. The van der Waals surface area contributed by atoms with Gasteiger partial charge in [0.15, 0.2) is 6.29 Å². The maximum atomic E-state index is 11.1. The Morgan fingerprint density at radius 2 is 2.22 bits per heavy atom. The smallest absolute Gasteiger partial charge is 0.305 e. The fourth-order valence-corrected chi connectivity index (χ4v) is 1.83. The van der Waals surface area contributed by atoms with Gasteiger partial charge >= 0.3 is 5.97 Å². The SMILES string of the molecule is CCOC(=O)CCCOc1cccc(C=O)c1Br. The molecule has 98 valence electrons. The number of benzene rings is 1. The van der Waals surface area contributed by atoms with E-state index in [2.05, 4.69) is 15.9 Å². The molecule has 1 aromatic rings. The van der Waals surface area contributed by atoms with Crippen molar-refractivity contribution in [3.05, 3.63) is 28.2 Å². The molecule has 0 heterocycles. The molecule has 0 radical (unpaired) electrons. The second kappa shape index (κ2) is 7.87. The third kappa shape index (κ3) is 4.49. The fourth-order valence-electron chi connectivity index (χ4n) is 1.36. The Balaban J connectivity index is 2.40. The second-order valence-electron chi connectivity index (χ2n) is 3.53. The van der Waals surface area contributed by atoms with Gasteiger partial charge in [0, 0.05) is 12.0 Å². The first-order valence-electron chi connectivity index (χ1n) is 5.71. The number of carbonyl (C=O) groups is 2. The van der Waals surface area contributed by atoms with Gasteiger partial charge in [0.05, 0.1) is 17.7 Å². The number of hydrogen-bond donors (Lipinski definition) is 0. The monoisotopic (exact) mass is 314 g/mol. The van der Waals surface area contributed by atoms with E-state index in [1.165, 1.54) is 0 Å². The van der Waals surface area contributed by atoms with Crippen LogP contribution in [0.4, 0.5) is 0 Å². The van der Waals surface area contributed by atoms with Crippen LogP contribution in [0.3, 0.4) is 0 Å². The van der Waals surface area contributed by atoms with Crippen LogP contribution < -0.4 is 4.74 Å². The Kier molecular flexibility index (Phi) is 6.43. The minimum absolute atomic E-state index is 0.221. The van der Waals surface area contributed by atoms with E-state index in [0.29, 0.717) is 41.8 Å². The van der Waals surface area contributed by atoms with Crippen LogP contribution in [0.15, 0.2) is 22.7 Å². The number of aldehydes is 1. The van der Waals surface area contributed by atoms with Crippen LogP contribution in [-0.4, -0.2) is 25.5 Å². The molecule has 0 spiro atoms. The number of ether oxygens (including phenoxy) is 2. The highest BCUT2D eigenvalue weighted by Gasteiger charge is 2.06. The van der Waals surface area contributed by atoms with Crippen LogP contribution in [0.1, 0.15) is 30.1 Å². The molecule has 0 unspecified atom stereocenters. The van der Waals surface area contributed by atoms with Gasteiger partial charge in [-0.1, -0.05) is 12.1 Å². The molecule has 1 rings (SSSR count). The topological polar surface area (TPSA) is 52.6 Å². The molecular weight excluding hydrogens is 300 g/mol. The lowest BCUT2D eigenvalue weighted by Crippen LogP contribution is -2.07. The van der Waals surface area contributed by atoms with Crippen molar-refractivity contribution in [2.24, 2.45) is 0 Å². The lowest BCUT2D eigenvalue weighted by Gasteiger charge is -2.09. The predicted molar refractivity (Wildman–Crippen MR) is 70.9 cm³/mol. The molecule has 0 aliphatic carbocycles. The summed E-state index contributed by atoms with van der Waals surface area (Å²) in [4.78, 5) is 21.8. The molecule has 18 heavy (non-hydrogen) atoms. The molecule has 0 amide bonds. The summed E-state index contributed by atoms with van der Waals surface area (Å²) in [7, 11) is 0. The molecule has 0 saturated carbocycles. The van der Waals surface area contributed by atoms with E-state index in [-0.39, 0.29) is 5.97 Å². The van der Waals surface area contributed by atoms with Crippen molar-refractivity contribution >= 4 is 28.2 Å². The Hall–Kier alpha value is -1.36. The van der Waals surface area contributed by atoms with Gasteiger partial charge in [0.2, 0.25) is 0 Å². The number of hydrogen-bond acceptors (Lipinski definition) is 4. The number of esters is 1. The van der Waals surface area contributed by atoms with Crippen LogP contribution >= 0.6 is 15.9 Å². The first-order valence-corrected chi connectivity index (χ1v) is 6.50. The van der Waals surface area contributed by atoms with Gasteiger partial charge in [-0.2, -0.15) is 0 Å². The summed E-state index contributed by atoms with van der Waals surface area (Å²) >= 11 is 3.30. The zero-order chi connectivity index (χ0) is 13.4. The first-order chi connectivity index (χ1) is 8.69. The molecular formula is C13H15BrO4. The average Bonchev–Trinajstić information content (AvgIpc) is 2.36. The summed E-state index contributed by atoms with van der Waals surface area (Å²) in [6.07, 6.45) is 1.67. The zero-order valence-electron chi connectivity index (χ0n) is 10.1. The van der Waals surface area contributed by atoms with Crippen LogP contribution in [-0.2, 0) is 9.53 Å². The summed E-state index contributed by atoms with van der Waals surface area (Å²) in [5.74, 6) is 0.380. The van der Waals surface area contributed by atoms with E-state index in [0.717, 1.165) is 6.29 Å². The van der Waals surface area contributed by atoms with E-state index in [9.17, 15) is 9.59 Å². The first kappa shape index (κ1) is 14.7. The minimum Gasteiger partial charge on any atom is -0.492 e. The van der Waals surface area contributed by atoms with Gasteiger partial charge in [-0.25, -0.2) is 0 Å². The van der Waals surface area contributed by atoms with Gasteiger partial charge in [0.25, 0.3) is 0 Å². The molecule has 0 fully saturated rings. The lowest BCUT2D eigenvalue weighted by molar-refractivity contribution is -0.143. The van der Waals surface area contributed by atoms with Crippen molar-refractivity contribution in [1.29, 1.82) is 0 Å². The minimum atomic E-state index is -0.221. The van der Waals surface area contributed by atoms with Crippen molar-refractivity contribution < 1.29 is 19.1 Å². The van der Waals surface area contributed by atoms with Crippen molar-refractivity contribution in [3.63, 3.8) is 0 Å². The standard InChI is InChI=1S/C13H15BrO4/c1-2-17-12(16)7-4-8-18-11-6-3-5-10(9-15)13(11)14/h3,5-6,9H,2,4,7-8H2,1H3. The van der Waals surface area contributed by atoms with E-state index in [1.54, 1.807) is 25.1 Å². The van der Waals surface area contributed by atoms with Gasteiger partial charge in [0.1, 0.15) is 5.75 Å². The predicted octanol–water partition coefficient (Wildman–Crippen LogP) is 2.98. The molecule has 4 nitrogen and oxygen atoms in total. The van der Waals surface area contributed by atoms with Crippen molar-refractivity contribution in [2.75, 3.05) is 13.2 Å². The normalized spacial score (nSPS) is 9.89. The van der Waals surface area contributed by atoms with Crippen molar-refractivity contribution in [2.45, 2.75) is 19.8 Å². The van der Waals surface area contributed by atoms with Gasteiger partial charge in [-0.15, -0.1) is 0 Å². The third-order valence-electron chi connectivity index (χ3n) is 2.21. The summed E-state index contributed by atoms with van der Waals surface area (Å²) in [6.45, 7) is 2.57. The van der Waals surface area contributed by atoms with E-state index in [1.807, 2.05) is 0 Å². The summed E-state index contributed by atoms with van der Waals surface area (Å²) in [6, 6.07) is 5.21. The Morgan fingerprint density at radius 1 is 1.44 bits per heavy atom. The number of carbonyl (C=O) groups excluding carboxylic acids is 2. The van der Waals surface area contributed by atoms with Crippen molar-refractivity contribution in [3.8, 4) is 5.75 Å². The van der Waals surface area contributed by atoms with Crippen LogP contribution in [0.25, 0.3) is 0 Å². The second-order valence-corrected chi connectivity index (χ2v) is 4.33. The molecule has 5 heteroatoms. The Morgan fingerprint density at radius 3 is 2.89 bits per heavy atom. The van der Waals surface area contributed by atoms with E-state index in [4.69, 9.17) is 9.47 Å². The van der Waals surface area contributed by atoms with E-state index >= 15 is 0 Å². The third-order valence-corrected chi connectivity index (χ3v) is 3.06. The molecule has 0 N–H and O–H groups in total. The lowest BCUT2D eigenvalue weighted by atomic mass is 10.2. The maximum Gasteiger partial charge on any atom is 0.305 e. The number of rotatable bonds is 7. The number of halogens is 1. The Labute approximate surface area is 114 Å². The van der Waals surface area contributed by atoms with E-state index < -0.39 is 0 Å². The van der Waals surface area contributed by atoms with Crippen molar-refractivity contribution in [1.82, 2.24) is 0 Å². The van der Waals surface area contributed by atoms with Crippen LogP contribution in [0, 0.1) is 0 Å².